The van der Waals surface area contributed by atoms with Crippen LogP contribution in [0.1, 0.15) is 31.9 Å². The Bertz CT molecular complexity index is 354. The van der Waals surface area contributed by atoms with Crippen molar-refractivity contribution < 1.29 is 17.6 Å². The second-order valence-electron chi connectivity index (χ2n) is 4.74. The zero-order valence-corrected chi connectivity index (χ0v) is 9.68. The minimum absolute atomic E-state index is 0.163. The molecule has 0 bridgehead atoms. The maximum atomic E-state index is 12.7. The standard InChI is InChI=1S/C12H16F3NO/c1-9(4-5-10-3-2-8-17-10)16-11(6-7-11)12(13,14)15/h2-3,8-9,16H,4-7H2,1H3. The summed E-state index contributed by atoms with van der Waals surface area (Å²) in [5, 5.41) is 2.70. The van der Waals surface area contributed by atoms with Crippen LogP contribution in [0.3, 0.4) is 0 Å². The molecule has 1 aliphatic carbocycles. The molecule has 2 rings (SSSR count). The molecule has 1 aromatic rings. The second kappa shape index (κ2) is 4.37. The van der Waals surface area contributed by atoms with E-state index >= 15 is 0 Å². The molecule has 1 aliphatic rings. The fourth-order valence-electron chi connectivity index (χ4n) is 1.99. The lowest BCUT2D eigenvalue weighted by molar-refractivity contribution is -0.167. The summed E-state index contributed by atoms with van der Waals surface area (Å²) in [6, 6.07) is 3.46. The Labute approximate surface area is 98.2 Å². The Morgan fingerprint density at radius 3 is 2.65 bits per heavy atom. The van der Waals surface area contributed by atoms with Crippen LogP contribution in [0.4, 0.5) is 13.2 Å². The molecule has 1 N–H and O–H groups in total. The molecule has 1 saturated carbocycles. The van der Waals surface area contributed by atoms with Crippen LogP contribution in [0.5, 0.6) is 0 Å². The molecule has 0 aromatic carbocycles. The molecule has 0 spiro atoms. The van der Waals surface area contributed by atoms with Gasteiger partial charge in [-0.05, 0) is 38.3 Å². The summed E-state index contributed by atoms with van der Waals surface area (Å²) in [5.74, 6) is 0.815. The first-order valence-corrected chi connectivity index (χ1v) is 5.80. The molecule has 1 fully saturated rings. The summed E-state index contributed by atoms with van der Waals surface area (Å²) >= 11 is 0. The number of alkyl halides is 3. The highest BCUT2D eigenvalue weighted by Gasteiger charge is 2.63. The Kier molecular flexibility index (Phi) is 3.21. The van der Waals surface area contributed by atoms with Crippen molar-refractivity contribution in [3.63, 3.8) is 0 Å². The van der Waals surface area contributed by atoms with E-state index in [0.29, 0.717) is 12.8 Å². The van der Waals surface area contributed by atoms with Crippen LogP contribution in [0.15, 0.2) is 22.8 Å². The smallest absolute Gasteiger partial charge is 0.406 e. The van der Waals surface area contributed by atoms with Gasteiger partial charge in [0.15, 0.2) is 0 Å². The molecule has 1 unspecified atom stereocenters. The van der Waals surface area contributed by atoms with E-state index in [1.54, 1.807) is 19.3 Å². The predicted molar refractivity (Wildman–Crippen MR) is 57.6 cm³/mol. The first-order valence-electron chi connectivity index (χ1n) is 5.80. The average molecular weight is 247 g/mol. The van der Waals surface area contributed by atoms with Crippen LogP contribution in [0.2, 0.25) is 0 Å². The van der Waals surface area contributed by atoms with Crippen LogP contribution < -0.4 is 5.32 Å². The molecule has 2 nitrogen and oxygen atoms in total. The maximum Gasteiger partial charge on any atom is 0.406 e. The van der Waals surface area contributed by atoms with Gasteiger partial charge in [0.25, 0.3) is 0 Å². The van der Waals surface area contributed by atoms with Crippen molar-refractivity contribution in [2.45, 2.75) is 50.4 Å². The molecule has 96 valence electrons. The summed E-state index contributed by atoms with van der Waals surface area (Å²) in [4.78, 5) is 0. The van der Waals surface area contributed by atoms with Gasteiger partial charge >= 0.3 is 6.18 Å². The van der Waals surface area contributed by atoms with E-state index in [2.05, 4.69) is 5.32 Å². The fourth-order valence-corrected chi connectivity index (χ4v) is 1.99. The lowest BCUT2D eigenvalue weighted by Gasteiger charge is -2.25. The number of nitrogens with one attached hydrogen (secondary N) is 1. The van der Waals surface area contributed by atoms with Gasteiger partial charge in [-0.3, -0.25) is 0 Å². The van der Waals surface area contributed by atoms with Crippen molar-refractivity contribution in [2.75, 3.05) is 0 Å². The quantitative estimate of drug-likeness (QED) is 0.863. The number of hydrogen-bond acceptors (Lipinski definition) is 2. The zero-order chi connectivity index (χ0) is 12.5. The van der Waals surface area contributed by atoms with Gasteiger partial charge in [0.2, 0.25) is 0 Å². The second-order valence-corrected chi connectivity index (χ2v) is 4.74. The van der Waals surface area contributed by atoms with E-state index in [0.717, 1.165) is 5.76 Å². The van der Waals surface area contributed by atoms with Gasteiger partial charge < -0.3 is 9.73 Å². The predicted octanol–water partition coefficient (Wildman–Crippen LogP) is 3.29. The van der Waals surface area contributed by atoms with Gasteiger partial charge in [-0.25, -0.2) is 0 Å². The number of hydrogen-bond donors (Lipinski definition) is 1. The van der Waals surface area contributed by atoms with E-state index in [1.807, 2.05) is 6.07 Å². The van der Waals surface area contributed by atoms with Crippen molar-refractivity contribution in [1.82, 2.24) is 5.32 Å². The van der Waals surface area contributed by atoms with Crippen LogP contribution in [-0.4, -0.2) is 17.8 Å². The van der Waals surface area contributed by atoms with Crippen molar-refractivity contribution in [3.8, 4) is 0 Å². The Morgan fingerprint density at radius 2 is 2.18 bits per heavy atom. The molecule has 1 aromatic heterocycles. The molecular formula is C12H16F3NO. The lowest BCUT2D eigenvalue weighted by atomic mass is 10.1. The van der Waals surface area contributed by atoms with Gasteiger partial charge in [-0.2, -0.15) is 13.2 Å². The minimum atomic E-state index is -4.13. The Hall–Kier alpha value is -0.970. The van der Waals surface area contributed by atoms with Crippen molar-refractivity contribution >= 4 is 0 Å². The summed E-state index contributed by atoms with van der Waals surface area (Å²) in [7, 11) is 0. The van der Waals surface area contributed by atoms with Crippen LogP contribution in [0.25, 0.3) is 0 Å². The molecule has 1 atom stereocenters. The van der Waals surface area contributed by atoms with Crippen molar-refractivity contribution in [3.05, 3.63) is 24.2 Å². The fraction of sp³-hybridized carbons (Fsp3) is 0.667. The molecule has 5 heteroatoms. The summed E-state index contributed by atoms with van der Waals surface area (Å²) in [5.41, 5.74) is -1.62. The van der Waals surface area contributed by atoms with E-state index in [9.17, 15) is 13.2 Å². The van der Waals surface area contributed by atoms with Crippen LogP contribution in [-0.2, 0) is 6.42 Å². The van der Waals surface area contributed by atoms with Crippen molar-refractivity contribution in [1.29, 1.82) is 0 Å². The SMILES string of the molecule is CC(CCc1ccco1)NC1(C(F)(F)F)CC1. The van der Waals surface area contributed by atoms with E-state index in [1.165, 1.54) is 0 Å². The minimum Gasteiger partial charge on any atom is -0.469 e. The monoisotopic (exact) mass is 247 g/mol. The molecule has 0 radical (unpaired) electrons. The third kappa shape index (κ3) is 2.83. The van der Waals surface area contributed by atoms with Crippen LogP contribution >= 0.6 is 0 Å². The number of rotatable bonds is 5. The van der Waals surface area contributed by atoms with E-state index in [4.69, 9.17) is 4.42 Å². The topological polar surface area (TPSA) is 25.2 Å². The first kappa shape index (κ1) is 12.5. The number of aryl methyl sites for hydroxylation is 1. The molecule has 0 aliphatic heterocycles. The molecule has 0 amide bonds. The molecule has 1 heterocycles. The van der Waals surface area contributed by atoms with Crippen molar-refractivity contribution in [2.24, 2.45) is 0 Å². The maximum absolute atomic E-state index is 12.7. The van der Waals surface area contributed by atoms with Gasteiger partial charge in [0.05, 0.1) is 6.26 Å². The highest BCUT2D eigenvalue weighted by Crippen LogP contribution is 2.49. The van der Waals surface area contributed by atoms with Crippen LogP contribution in [0, 0.1) is 0 Å². The Morgan fingerprint density at radius 1 is 1.47 bits per heavy atom. The lowest BCUT2D eigenvalue weighted by Crippen LogP contribution is -2.48. The summed E-state index contributed by atoms with van der Waals surface area (Å²) in [6.45, 7) is 1.79. The third-order valence-electron chi connectivity index (χ3n) is 3.22. The molecule has 0 saturated heterocycles. The highest BCUT2D eigenvalue weighted by molar-refractivity contribution is 5.09. The Balaban J connectivity index is 1.80. The summed E-state index contributed by atoms with van der Waals surface area (Å²) in [6.07, 6.45) is -0.860. The van der Waals surface area contributed by atoms with E-state index < -0.39 is 11.7 Å². The average Bonchev–Trinajstić information content (AvgIpc) is 2.84. The largest absolute Gasteiger partial charge is 0.469 e. The highest BCUT2D eigenvalue weighted by atomic mass is 19.4. The normalized spacial score (nSPS) is 20.2. The third-order valence-corrected chi connectivity index (χ3v) is 3.22. The van der Waals surface area contributed by atoms with E-state index in [-0.39, 0.29) is 18.9 Å². The van der Waals surface area contributed by atoms with Gasteiger partial charge in [0, 0.05) is 12.5 Å². The molecule has 17 heavy (non-hydrogen) atoms. The van der Waals surface area contributed by atoms with Gasteiger partial charge in [-0.1, -0.05) is 0 Å². The summed E-state index contributed by atoms with van der Waals surface area (Å²) < 4.78 is 43.2. The molecular weight excluding hydrogens is 231 g/mol. The number of halogens is 3. The number of furan rings is 1. The first-order chi connectivity index (χ1) is 7.93. The zero-order valence-electron chi connectivity index (χ0n) is 9.68. The van der Waals surface area contributed by atoms with Gasteiger partial charge in [0.1, 0.15) is 11.3 Å². The van der Waals surface area contributed by atoms with Gasteiger partial charge in [-0.15, -0.1) is 0 Å².